The van der Waals surface area contributed by atoms with Crippen molar-refractivity contribution in [2.45, 2.75) is 65.0 Å². The average Bonchev–Trinajstić information content (AvgIpc) is 2.40. The summed E-state index contributed by atoms with van der Waals surface area (Å²) < 4.78 is 0. The molecule has 1 saturated carbocycles. The Kier molecular flexibility index (Phi) is 7.52. The lowest BCUT2D eigenvalue weighted by molar-refractivity contribution is -0.127. The van der Waals surface area contributed by atoms with Gasteiger partial charge in [0.05, 0.1) is 0 Å². The van der Waals surface area contributed by atoms with Gasteiger partial charge in [0, 0.05) is 24.5 Å². The fourth-order valence-electron chi connectivity index (χ4n) is 2.81. The van der Waals surface area contributed by atoms with Crippen molar-refractivity contribution in [1.29, 1.82) is 0 Å². The SMILES string of the molecule is CC1CCC(N)CC1C(=O)NCCCCN(C)C(C)C. The number of unbranched alkanes of at least 4 members (excludes halogenated alkanes) is 1. The second-order valence-corrected chi connectivity index (χ2v) is 6.73. The predicted molar refractivity (Wildman–Crippen MR) is 84.5 cm³/mol. The third-order valence-electron chi connectivity index (χ3n) is 4.69. The maximum Gasteiger partial charge on any atom is 0.223 e. The molecule has 0 aromatic heterocycles. The van der Waals surface area contributed by atoms with Crippen LogP contribution in [0.5, 0.6) is 0 Å². The summed E-state index contributed by atoms with van der Waals surface area (Å²) in [6.07, 6.45) is 5.18. The van der Waals surface area contributed by atoms with E-state index >= 15 is 0 Å². The molecule has 0 aromatic rings. The molecule has 4 nitrogen and oxygen atoms in total. The second-order valence-electron chi connectivity index (χ2n) is 6.73. The number of hydrogen-bond acceptors (Lipinski definition) is 3. The monoisotopic (exact) mass is 283 g/mol. The van der Waals surface area contributed by atoms with Crippen molar-refractivity contribution < 1.29 is 4.79 Å². The Morgan fingerprint density at radius 1 is 1.35 bits per heavy atom. The lowest BCUT2D eigenvalue weighted by Crippen LogP contribution is -2.41. The predicted octanol–water partition coefficient (Wildman–Crippen LogP) is 1.99. The molecule has 1 aliphatic rings. The van der Waals surface area contributed by atoms with Crippen molar-refractivity contribution in [3.05, 3.63) is 0 Å². The average molecular weight is 283 g/mol. The van der Waals surface area contributed by atoms with Gasteiger partial charge >= 0.3 is 0 Å². The van der Waals surface area contributed by atoms with Gasteiger partial charge in [-0.05, 0) is 65.5 Å². The van der Waals surface area contributed by atoms with Crippen LogP contribution in [-0.4, -0.2) is 43.0 Å². The molecule has 3 N–H and O–H groups in total. The third kappa shape index (κ3) is 5.80. The topological polar surface area (TPSA) is 58.4 Å². The molecule has 20 heavy (non-hydrogen) atoms. The zero-order valence-electron chi connectivity index (χ0n) is 13.7. The van der Waals surface area contributed by atoms with Crippen LogP contribution in [0.2, 0.25) is 0 Å². The molecule has 3 unspecified atom stereocenters. The number of nitrogens with two attached hydrogens (primary N) is 1. The normalized spacial score (nSPS) is 27.1. The van der Waals surface area contributed by atoms with E-state index < -0.39 is 0 Å². The minimum atomic E-state index is 0.122. The number of nitrogens with zero attached hydrogens (tertiary/aromatic N) is 1. The van der Waals surface area contributed by atoms with Crippen LogP contribution in [0.15, 0.2) is 0 Å². The first-order valence-electron chi connectivity index (χ1n) is 8.15. The fourth-order valence-corrected chi connectivity index (χ4v) is 2.81. The van der Waals surface area contributed by atoms with Gasteiger partial charge in [0.25, 0.3) is 0 Å². The maximum absolute atomic E-state index is 12.2. The van der Waals surface area contributed by atoms with E-state index in [1.807, 2.05) is 0 Å². The van der Waals surface area contributed by atoms with E-state index in [9.17, 15) is 4.79 Å². The molecule has 1 rings (SSSR count). The van der Waals surface area contributed by atoms with E-state index in [1.165, 1.54) is 0 Å². The minimum Gasteiger partial charge on any atom is -0.356 e. The van der Waals surface area contributed by atoms with Gasteiger partial charge in [0.2, 0.25) is 5.91 Å². The van der Waals surface area contributed by atoms with Crippen molar-refractivity contribution in [3.8, 4) is 0 Å². The fraction of sp³-hybridized carbons (Fsp3) is 0.938. The highest BCUT2D eigenvalue weighted by molar-refractivity contribution is 5.79. The molecule has 0 aromatic carbocycles. The molecule has 118 valence electrons. The highest BCUT2D eigenvalue weighted by atomic mass is 16.1. The first-order chi connectivity index (χ1) is 9.41. The van der Waals surface area contributed by atoms with Crippen molar-refractivity contribution >= 4 is 5.91 Å². The summed E-state index contributed by atoms with van der Waals surface area (Å²) in [5.74, 6) is 0.809. The Morgan fingerprint density at radius 2 is 2.05 bits per heavy atom. The van der Waals surface area contributed by atoms with Crippen LogP contribution >= 0.6 is 0 Å². The Labute approximate surface area is 124 Å². The van der Waals surface area contributed by atoms with Crippen molar-refractivity contribution in [2.24, 2.45) is 17.6 Å². The van der Waals surface area contributed by atoms with E-state index in [1.54, 1.807) is 0 Å². The van der Waals surface area contributed by atoms with Crippen LogP contribution in [0, 0.1) is 11.8 Å². The summed E-state index contributed by atoms with van der Waals surface area (Å²) in [7, 11) is 2.15. The lowest BCUT2D eigenvalue weighted by atomic mass is 9.78. The number of carbonyl (C=O) groups excluding carboxylic acids is 1. The summed E-state index contributed by atoms with van der Waals surface area (Å²) >= 11 is 0. The zero-order chi connectivity index (χ0) is 15.1. The van der Waals surface area contributed by atoms with Gasteiger partial charge in [-0.15, -0.1) is 0 Å². The van der Waals surface area contributed by atoms with Gasteiger partial charge < -0.3 is 16.0 Å². The standard InChI is InChI=1S/C16H33N3O/c1-12(2)19(4)10-6-5-9-18-16(20)15-11-14(17)8-7-13(15)3/h12-15H,5-11,17H2,1-4H3,(H,18,20). The van der Waals surface area contributed by atoms with Crippen LogP contribution in [0.1, 0.15) is 52.9 Å². The van der Waals surface area contributed by atoms with Gasteiger partial charge in [-0.1, -0.05) is 6.92 Å². The summed E-state index contributed by atoms with van der Waals surface area (Å²) in [6, 6.07) is 0.802. The van der Waals surface area contributed by atoms with Crippen LogP contribution in [0.25, 0.3) is 0 Å². The van der Waals surface area contributed by atoms with Gasteiger partial charge in [0.15, 0.2) is 0 Å². The molecule has 1 fully saturated rings. The van der Waals surface area contributed by atoms with Crippen LogP contribution in [0.4, 0.5) is 0 Å². The zero-order valence-corrected chi connectivity index (χ0v) is 13.7. The number of hydrogen-bond donors (Lipinski definition) is 2. The molecule has 0 heterocycles. The molecule has 0 radical (unpaired) electrons. The summed E-state index contributed by atoms with van der Waals surface area (Å²) in [6.45, 7) is 8.47. The van der Waals surface area contributed by atoms with Gasteiger partial charge in [0.1, 0.15) is 0 Å². The van der Waals surface area contributed by atoms with E-state index in [0.29, 0.717) is 12.0 Å². The van der Waals surface area contributed by atoms with Gasteiger partial charge in [-0.2, -0.15) is 0 Å². The van der Waals surface area contributed by atoms with Gasteiger partial charge in [-0.25, -0.2) is 0 Å². The summed E-state index contributed by atoms with van der Waals surface area (Å²) in [4.78, 5) is 14.5. The Bertz CT molecular complexity index is 293. The highest BCUT2D eigenvalue weighted by Crippen LogP contribution is 2.29. The number of carbonyl (C=O) groups is 1. The molecule has 1 amide bonds. The Balaban J connectivity index is 2.16. The number of amides is 1. The largest absolute Gasteiger partial charge is 0.356 e. The Morgan fingerprint density at radius 3 is 2.70 bits per heavy atom. The molecule has 0 spiro atoms. The van der Waals surface area contributed by atoms with Crippen molar-refractivity contribution in [1.82, 2.24) is 10.2 Å². The number of rotatable bonds is 7. The maximum atomic E-state index is 12.2. The summed E-state index contributed by atoms with van der Waals surface area (Å²) in [5, 5.41) is 3.09. The second kappa shape index (κ2) is 8.63. The molecular formula is C16H33N3O. The third-order valence-corrected chi connectivity index (χ3v) is 4.69. The first-order valence-corrected chi connectivity index (χ1v) is 8.15. The molecule has 0 bridgehead atoms. The summed E-state index contributed by atoms with van der Waals surface area (Å²) in [5.41, 5.74) is 5.98. The molecule has 0 aliphatic heterocycles. The van der Waals surface area contributed by atoms with Crippen molar-refractivity contribution in [2.75, 3.05) is 20.1 Å². The van der Waals surface area contributed by atoms with E-state index in [4.69, 9.17) is 5.73 Å². The number of nitrogens with one attached hydrogen (secondary N) is 1. The van der Waals surface area contributed by atoms with Crippen LogP contribution < -0.4 is 11.1 Å². The quantitative estimate of drug-likeness (QED) is 0.703. The molecule has 0 saturated heterocycles. The van der Waals surface area contributed by atoms with Crippen molar-refractivity contribution in [3.63, 3.8) is 0 Å². The lowest BCUT2D eigenvalue weighted by Gasteiger charge is -2.31. The first kappa shape index (κ1) is 17.4. The van der Waals surface area contributed by atoms with Crippen LogP contribution in [-0.2, 0) is 4.79 Å². The molecule has 1 aliphatic carbocycles. The van der Waals surface area contributed by atoms with E-state index in [-0.39, 0.29) is 17.9 Å². The van der Waals surface area contributed by atoms with E-state index in [2.05, 4.69) is 38.0 Å². The smallest absolute Gasteiger partial charge is 0.223 e. The van der Waals surface area contributed by atoms with Crippen LogP contribution in [0.3, 0.4) is 0 Å². The minimum absolute atomic E-state index is 0.122. The van der Waals surface area contributed by atoms with E-state index in [0.717, 1.165) is 45.2 Å². The molecule has 3 atom stereocenters. The molecule has 4 heteroatoms. The van der Waals surface area contributed by atoms with Gasteiger partial charge in [-0.3, -0.25) is 4.79 Å². The molecular weight excluding hydrogens is 250 g/mol. The highest BCUT2D eigenvalue weighted by Gasteiger charge is 2.30. The Hall–Kier alpha value is -0.610.